The Kier molecular flexibility index (Phi) is 2.58. The predicted octanol–water partition coefficient (Wildman–Crippen LogP) is 2.05. The second-order valence-electron chi connectivity index (χ2n) is 5.16. The number of rotatable bonds is 1. The molecule has 0 radical (unpaired) electrons. The van der Waals surface area contributed by atoms with Crippen LogP contribution in [0.5, 0.6) is 0 Å². The number of nitrogens with one attached hydrogen (secondary N) is 1. The fourth-order valence-electron chi connectivity index (χ4n) is 1.80. The number of hydrogen-bond acceptors (Lipinski definition) is 2. The van der Waals surface area contributed by atoms with Gasteiger partial charge in [-0.15, -0.1) is 0 Å². The van der Waals surface area contributed by atoms with E-state index in [2.05, 4.69) is 25.8 Å². The molecule has 1 aromatic heterocycles. The predicted molar refractivity (Wildman–Crippen MR) is 69.5 cm³/mol. The largest absolute Gasteiger partial charge is 0.399 e. The Morgan fingerprint density at radius 1 is 1.18 bits per heavy atom. The zero-order chi connectivity index (χ0) is 12.6. The Bertz CT molecular complexity index is 570. The standard InChI is InChI=1S/C13H17N3O/c1-13(2,3)11-8-15-12(17)16(11)10-6-4-9(14)5-7-10/h4-8H,14H2,1-3H3,(H,15,17). The minimum absolute atomic E-state index is 0.0967. The molecule has 3 N–H and O–H groups in total. The van der Waals surface area contributed by atoms with Crippen LogP contribution in [0.2, 0.25) is 0 Å². The minimum Gasteiger partial charge on any atom is -0.399 e. The Hall–Kier alpha value is -1.97. The molecule has 0 fully saturated rings. The molecule has 0 aliphatic rings. The van der Waals surface area contributed by atoms with E-state index in [9.17, 15) is 4.79 Å². The van der Waals surface area contributed by atoms with Crippen molar-refractivity contribution >= 4 is 5.69 Å². The highest BCUT2D eigenvalue weighted by atomic mass is 16.1. The van der Waals surface area contributed by atoms with Gasteiger partial charge in [0.15, 0.2) is 0 Å². The number of aromatic nitrogens is 2. The minimum atomic E-state index is -0.125. The van der Waals surface area contributed by atoms with Gasteiger partial charge >= 0.3 is 5.69 Å². The molecular formula is C13H17N3O. The van der Waals surface area contributed by atoms with Crippen molar-refractivity contribution < 1.29 is 0 Å². The van der Waals surface area contributed by atoms with E-state index in [0.29, 0.717) is 5.69 Å². The smallest absolute Gasteiger partial charge is 0.330 e. The summed E-state index contributed by atoms with van der Waals surface area (Å²) in [7, 11) is 0. The van der Waals surface area contributed by atoms with Crippen molar-refractivity contribution in [2.45, 2.75) is 26.2 Å². The van der Waals surface area contributed by atoms with Gasteiger partial charge in [0.2, 0.25) is 0 Å². The number of anilines is 1. The zero-order valence-corrected chi connectivity index (χ0v) is 10.3. The highest BCUT2D eigenvalue weighted by Crippen LogP contribution is 2.23. The van der Waals surface area contributed by atoms with E-state index in [-0.39, 0.29) is 11.1 Å². The second-order valence-corrected chi connectivity index (χ2v) is 5.16. The third-order valence-electron chi connectivity index (χ3n) is 2.70. The summed E-state index contributed by atoms with van der Waals surface area (Å²) in [5, 5.41) is 0. The van der Waals surface area contributed by atoms with Gasteiger partial charge < -0.3 is 10.7 Å². The molecule has 0 aliphatic carbocycles. The number of aromatic amines is 1. The Morgan fingerprint density at radius 2 is 1.76 bits per heavy atom. The van der Waals surface area contributed by atoms with Crippen LogP contribution in [0.1, 0.15) is 26.5 Å². The summed E-state index contributed by atoms with van der Waals surface area (Å²) in [4.78, 5) is 14.6. The van der Waals surface area contributed by atoms with Crippen LogP contribution in [0.4, 0.5) is 5.69 Å². The van der Waals surface area contributed by atoms with Crippen LogP contribution in [0, 0.1) is 0 Å². The van der Waals surface area contributed by atoms with E-state index in [0.717, 1.165) is 11.4 Å². The third kappa shape index (κ3) is 2.11. The highest BCUT2D eigenvalue weighted by molar-refractivity contribution is 5.46. The van der Waals surface area contributed by atoms with Crippen molar-refractivity contribution in [1.82, 2.24) is 9.55 Å². The van der Waals surface area contributed by atoms with E-state index in [1.807, 2.05) is 12.1 Å². The van der Waals surface area contributed by atoms with Gasteiger partial charge in [0, 0.05) is 23.0 Å². The molecule has 2 rings (SSSR count). The van der Waals surface area contributed by atoms with Crippen molar-refractivity contribution in [2.75, 3.05) is 5.73 Å². The van der Waals surface area contributed by atoms with Gasteiger partial charge in [-0.05, 0) is 24.3 Å². The van der Waals surface area contributed by atoms with E-state index >= 15 is 0 Å². The Balaban J connectivity index is 2.63. The van der Waals surface area contributed by atoms with Crippen LogP contribution >= 0.6 is 0 Å². The summed E-state index contributed by atoms with van der Waals surface area (Å²) < 4.78 is 1.68. The molecular weight excluding hydrogens is 214 g/mol. The molecule has 0 aliphatic heterocycles. The summed E-state index contributed by atoms with van der Waals surface area (Å²) >= 11 is 0. The van der Waals surface area contributed by atoms with Crippen LogP contribution in [0.3, 0.4) is 0 Å². The number of H-pyrrole nitrogens is 1. The normalized spacial score (nSPS) is 11.7. The van der Waals surface area contributed by atoms with Crippen LogP contribution < -0.4 is 11.4 Å². The molecule has 0 saturated carbocycles. The SMILES string of the molecule is CC(C)(C)c1c[nH]c(=O)n1-c1ccc(N)cc1. The van der Waals surface area contributed by atoms with Crippen molar-refractivity contribution in [3.8, 4) is 5.69 Å². The first-order chi connectivity index (χ1) is 7.89. The first-order valence-corrected chi connectivity index (χ1v) is 5.56. The summed E-state index contributed by atoms with van der Waals surface area (Å²) in [6, 6.07) is 7.28. The lowest BCUT2D eigenvalue weighted by molar-refractivity contribution is 0.554. The van der Waals surface area contributed by atoms with Gasteiger partial charge in [-0.3, -0.25) is 4.57 Å². The molecule has 0 saturated heterocycles. The first-order valence-electron chi connectivity index (χ1n) is 5.56. The number of nitrogen functional groups attached to an aromatic ring is 1. The molecule has 4 heteroatoms. The molecule has 0 spiro atoms. The van der Waals surface area contributed by atoms with Gasteiger partial charge in [-0.1, -0.05) is 20.8 Å². The lowest BCUT2D eigenvalue weighted by Crippen LogP contribution is -2.23. The molecule has 1 aromatic carbocycles. The van der Waals surface area contributed by atoms with Gasteiger partial charge in [-0.25, -0.2) is 4.79 Å². The van der Waals surface area contributed by atoms with Crippen LogP contribution in [-0.2, 0) is 5.41 Å². The average molecular weight is 231 g/mol. The molecule has 0 bridgehead atoms. The van der Waals surface area contributed by atoms with Crippen molar-refractivity contribution in [1.29, 1.82) is 0 Å². The quantitative estimate of drug-likeness (QED) is 0.738. The number of benzene rings is 1. The summed E-state index contributed by atoms with van der Waals surface area (Å²) in [6.07, 6.45) is 1.76. The number of imidazole rings is 1. The van der Waals surface area contributed by atoms with Crippen molar-refractivity contribution in [2.24, 2.45) is 0 Å². The monoisotopic (exact) mass is 231 g/mol. The van der Waals surface area contributed by atoms with Crippen molar-refractivity contribution in [3.05, 3.63) is 46.6 Å². The highest BCUT2D eigenvalue weighted by Gasteiger charge is 2.20. The maximum Gasteiger partial charge on any atom is 0.330 e. The van der Waals surface area contributed by atoms with Gasteiger partial charge in [0.1, 0.15) is 0 Å². The summed E-state index contributed by atoms with van der Waals surface area (Å²) in [6.45, 7) is 6.22. The molecule has 2 aromatic rings. The van der Waals surface area contributed by atoms with E-state index in [1.165, 1.54) is 0 Å². The van der Waals surface area contributed by atoms with Crippen LogP contribution in [0.25, 0.3) is 5.69 Å². The van der Waals surface area contributed by atoms with Crippen LogP contribution in [0.15, 0.2) is 35.3 Å². The number of nitrogens with two attached hydrogens (primary N) is 1. The molecule has 90 valence electrons. The molecule has 0 atom stereocenters. The fourth-order valence-corrected chi connectivity index (χ4v) is 1.80. The number of nitrogens with zero attached hydrogens (tertiary/aromatic N) is 1. The van der Waals surface area contributed by atoms with Gasteiger partial charge in [-0.2, -0.15) is 0 Å². The molecule has 0 amide bonds. The lowest BCUT2D eigenvalue weighted by Gasteiger charge is -2.20. The lowest BCUT2D eigenvalue weighted by atomic mass is 9.92. The first kappa shape index (κ1) is 11.5. The average Bonchev–Trinajstić information content (AvgIpc) is 2.61. The molecule has 0 unspecified atom stereocenters. The third-order valence-corrected chi connectivity index (χ3v) is 2.70. The van der Waals surface area contributed by atoms with Crippen molar-refractivity contribution in [3.63, 3.8) is 0 Å². The summed E-state index contributed by atoms with van der Waals surface area (Å²) in [5.41, 5.74) is 7.89. The molecule has 4 nitrogen and oxygen atoms in total. The fraction of sp³-hybridized carbons (Fsp3) is 0.308. The maximum atomic E-state index is 11.8. The van der Waals surface area contributed by atoms with Crippen LogP contribution in [-0.4, -0.2) is 9.55 Å². The second kappa shape index (κ2) is 3.80. The topological polar surface area (TPSA) is 63.8 Å². The van der Waals surface area contributed by atoms with Gasteiger partial charge in [0.25, 0.3) is 0 Å². The molecule has 1 heterocycles. The molecule has 17 heavy (non-hydrogen) atoms. The Morgan fingerprint density at radius 3 is 2.29 bits per heavy atom. The summed E-state index contributed by atoms with van der Waals surface area (Å²) in [5.74, 6) is 0. The van der Waals surface area contributed by atoms with E-state index < -0.39 is 0 Å². The Labute approximate surface area is 100 Å². The van der Waals surface area contributed by atoms with E-state index in [4.69, 9.17) is 5.73 Å². The maximum absolute atomic E-state index is 11.8. The van der Waals surface area contributed by atoms with Gasteiger partial charge in [0.05, 0.1) is 5.69 Å². The van der Waals surface area contributed by atoms with E-state index in [1.54, 1.807) is 22.9 Å². The number of hydrogen-bond donors (Lipinski definition) is 2. The zero-order valence-electron chi connectivity index (χ0n) is 10.3.